The molecule has 2 aliphatic rings. The molecule has 0 aromatic carbocycles. The van der Waals surface area contributed by atoms with Gasteiger partial charge in [0.2, 0.25) is 0 Å². The van der Waals surface area contributed by atoms with Gasteiger partial charge in [0.15, 0.2) is 11.0 Å². The predicted octanol–water partition coefficient (Wildman–Crippen LogP) is 2.61. The number of ether oxygens (including phenoxy) is 1. The van der Waals surface area contributed by atoms with Gasteiger partial charge in [0.25, 0.3) is 0 Å². The molecule has 3 nitrogen and oxygen atoms in total. The number of rotatable bonds is 1. The molecule has 3 atom stereocenters. The Hall–Kier alpha value is -0.740. The lowest BCUT2D eigenvalue weighted by Crippen LogP contribution is -2.18. The maximum Gasteiger partial charge on any atom is 0.181 e. The molecular formula is C11H12ClFN2O. The number of nitrogens with zero attached hydrogens (tertiary/aromatic N) is 2. The van der Waals surface area contributed by atoms with Gasteiger partial charge in [-0.1, -0.05) is 11.6 Å². The topological polar surface area (TPSA) is 35.0 Å². The summed E-state index contributed by atoms with van der Waals surface area (Å²) >= 11 is 5.73. The van der Waals surface area contributed by atoms with Crippen molar-refractivity contribution in [2.45, 2.75) is 44.3 Å². The summed E-state index contributed by atoms with van der Waals surface area (Å²) in [6.07, 6.45) is 3.64. The van der Waals surface area contributed by atoms with Crippen LogP contribution in [0.2, 0.25) is 5.15 Å². The van der Waals surface area contributed by atoms with Crippen LogP contribution in [0.3, 0.4) is 0 Å². The first kappa shape index (κ1) is 10.4. The Bertz CT molecular complexity index is 417. The predicted molar refractivity (Wildman–Crippen MR) is 57.0 cm³/mol. The highest BCUT2D eigenvalue weighted by molar-refractivity contribution is 6.29. The van der Waals surface area contributed by atoms with Gasteiger partial charge in [-0.15, -0.1) is 0 Å². The van der Waals surface area contributed by atoms with Gasteiger partial charge in [0.05, 0.1) is 17.9 Å². The van der Waals surface area contributed by atoms with Crippen LogP contribution in [0, 0.1) is 12.7 Å². The minimum atomic E-state index is -0.519. The maximum atomic E-state index is 13.3. The van der Waals surface area contributed by atoms with E-state index >= 15 is 0 Å². The monoisotopic (exact) mass is 242 g/mol. The van der Waals surface area contributed by atoms with Gasteiger partial charge in [-0.25, -0.2) is 14.4 Å². The molecule has 0 aliphatic carbocycles. The summed E-state index contributed by atoms with van der Waals surface area (Å²) in [5.41, 5.74) is 0.317. The van der Waals surface area contributed by atoms with E-state index in [2.05, 4.69) is 9.97 Å². The largest absolute Gasteiger partial charge is 0.374 e. The van der Waals surface area contributed by atoms with Crippen molar-refractivity contribution in [2.24, 2.45) is 0 Å². The van der Waals surface area contributed by atoms with E-state index < -0.39 is 5.82 Å². The smallest absolute Gasteiger partial charge is 0.181 e. The molecule has 0 spiro atoms. The van der Waals surface area contributed by atoms with Gasteiger partial charge in [-0.3, -0.25) is 0 Å². The molecule has 2 bridgehead atoms. The summed E-state index contributed by atoms with van der Waals surface area (Å²) in [5.74, 6) is 0.307. The van der Waals surface area contributed by atoms with E-state index in [4.69, 9.17) is 16.3 Å². The van der Waals surface area contributed by atoms with Gasteiger partial charge in [-0.05, 0) is 26.2 Å². The average molecular weight is 243 g/mol. The van der Waals surface area contributed by atoms with Crippen molar-refractivity contribution in [2.75, 3.05) is 0 Å². The zero-order chi connectivity index (χ0) is 11.3. The molecule has 0 saturated carbocycles. The van der Waals surface area contributed by atoms with Gasteiger partial charge in [0.1, 0.15) is 5.82 Å². The Kier molecular flexibility index (Phi) is 2.37. The number of aromatic nitrogens is 2. The first-order chi connectivity index (χ1) is 7.65. The van der Waals surface area contributed by atoms with Crippen LogP contribution < -0.4 is 0 Å². The van der Waals surface area contributed by atoms with Crippen LogP contribution >= 0.6 is 11.6 Å². The van der Waals surface area contributed by atoms with E-state index in [0.717, 1.165) is 19.3 Å². The number of halogens is 2. The summed E-state index contributed by atoms with van der Waals surface area (Å²) in [6, 6.07) is 0. The van der Waals surface area contributed by atoms with E-state index in [-0.39, 0.29) is 17.2 Å². The van der Waals surface area contributed by atoms with E-state index in [1.807, 2.05) is 0 Å². The lowest BCUT2D eigenvalue weighted by atomic mass is 9.88. The second-order valence-corrected chi connectivity index (χ2v) is 4.85. The average Bonchev–Trinajstić information content (AvgIpc) is 2.86. The van der Waals surface area contributed by atoms with Crippen molar-refractivity contribution in [3.8, 4) is 0 Å². The molecule has 3 rings (SSSR count). The molecule has 0 radical (unpaired) electrons. The number of fused-ring (bicyclic) bond motifs is 2. The van der Waals surface area contributed by atoms with Crippen molar-refractivity contribution < 1.29 is 9.13 Å². The fourth-order valence-corrected chi connectivity index (χ4v) is 2.84. The van der Waals surface area contributed by atoms with E-state index in [0.29, 0.717) is 17.6 Å². The number of hydrogen-bond donors (Lipinski definition) is 0. The molecule has 2 fully saturated rings. The molecule has 3 unspecified atom stereocenters. The van der Waals surface area contributed by atoms with Crippen molar-refractivity contribution in [1.82, 2.24) is 9.97 Å². The van der Waals surface area contributed by atoms with Gasteiger partial charge in [-0.2, -0.15) is 0 Å². The third-order valence-corrected chi connectivity index (χ3v) is 3.68. The molecule has 2 saturated heterocycles. The quantitative estimate of drug-likeness (QED) is 0.710. The Morgan fingerprint density at radius 1 is 1.38 bits per heavy atom. The molecule has 0 amide bonds. The van der Waals surface area contributed by atoms with Crippen LogP contribution in [0.4, 0.5) is 4.39 Å². The third-order valence-electron chi connectivity index (χ3n) is 3.43. The lowest BCUT2D eigenvalue weighted by Gasteiger charge is -2.17. The maximum absolute atomic E-state index is 13.3. The van der Waals surface area contributed by atoms with Crippen molar-refractivity contribution in [3.05, 3.63) is 22.5 Å². The Balaban J connectivity index is 1.95. The van der Waals surface area contributed by atoms with E-state index in [1.54, 1.807) is 6.92 Å². The first-order valence-corrected chi connectivity index (χ1v) is 5.88. The SMILES string of the molecule is Cc1nc(C2CC3CCC2O3)nc(Cl)c1F. The zero-order valence-electron chi connectivity index (χ0n) is 8.91. The van der Waals surface area contributed by atoms with Gasteiger partial charge >= 0.3 is 0 Å². The van der Waals surface area contributed by atoms with Crippen LogP contribution in [-0.2, 0) is 4.74 Å². The highest BCUT2D eigenvalue weighted by Gasteiger charge is 2.43. The number of hydrogen-bond acceptors (Lipinski definition) is 3. The Morgan fingerprint density at radius 2 is 2.19 bits per heavy atom. The Labute approximate surface area is 98.0 Å². The second kappa shape index (κ2) is 3.64. The lowest BCUT2D eigenvalue weighted by molar-refractivity contribution is 0.0998. The fourth-order valence-electron chi connectivity index (χ4n) is 2.62. The number of aryl methyl sites for hydroxylation is 1. The molecule has 0 N–H and O–H groups in total. The highest BCUT2D eigenvalue weighted by Crippen LogP contribution is 2.43. The molecule has 1 aromatic heterocycles. The van der Waals surface area contributed by atoms with Gasteiger partial charge in [0, 0.05) is 5.92 Å². The summed E-state index contributed by atoms with van der Waals surface area (Å²) < 4.78 is 19.0. The summed E-state index contributed by atoms with van der Waals surface area (Å²) in [4.78, 5) is 8.22. The zero-order valence-corrected chi connectivity index (χ0v) is 9.67. The van der Waals surface area contributed by atoms with Crippen LogP contribution in [0.25, 0.3) is 0 Å². The van der Waals surface area contributed by atoms with Crippen LogP contribution in [0.15, 0.2) is 0 Å². The van der Waals surface area contributed by atoms with Gasteiger partial charge < -0.3 is 4.74 Å². The summed E-state index contributed by atoms with van der Waals surface area (Å²) in [7, 11) is 0. The molecule has 1 aromatic rings. The normalized spacial score (nSPS) is 32.3. The minimum Gasteiger partial charge on any atom is -0.374 e. The molecule has 3 heterocycles. The van der Waals surface area contributed by atoms with Crippen LogP contribution in [-0.4, -0.2) is 22.2 Å². The first-order valence-electron chi connectivity index (χ1n) is 5.50. The summed E-state index contributed by atoms with van der Waals surface area (Å²) in [5, 5.41) is -0.0785. The second-order valence-electron chi connectivity index (χ2n) is 4.49. The van der Waals surface area contributed by atoms with Crippen LogP contribution in [0.5, 0.6) is 0 Å². The molecule has 5 heteroatoms. The Morgan fingerprint density at radius 3 is 2.75 bits per heavy atom. The standard InChI is InChI=1S/C11H12ClFN2O/c1-5-9(13)10(12)15-11(14-5)7-4-6-2-3-8(7)16-6/h6-8H,2-4H2,1H3. The van der Waals surface area contributed by atoms with Crippen LogP contribution in [0.1, 0.15) is 36.7 Å². The fraction of sp³-hybridized carbons (Fsp3) is 0.636. The highest BCUT2D eigenvalue weighted by atomic mass is 35.5. The van der Waals surface area contributed by atoms with Crippen molar-refractivity contribution in [1.29, 1.82) is 0 Å². The van der Waals surface area contributed by atoms with Crippen molar-refractivity contribution >= 4 is 11.6 Å². The minimum absolute atomic E-state index is 0.0785. The molecule has 86 valence electrons. The molecule has 2 aliphatic heterocycles. The summed E-state index contributed by atoms with van der Waals surface area (Å²) in [6.45, 7) is 1.61. The molecule has 16 heavy (non-hydrogen) atoms. The molecular weight excluding hydrogens is 231 g/mol. The van der Waals surface area contributed by atoms with E-state index in [9.17, 15) is 4.39 Å². The van der Waals surface area contributed by atoms with Crippen molar-refractivity contribution in [3.63, 3.8) is 0 Å². The third kappa shape index (κ3) is 1.52. The van der Waals surface area contributed by atoms with E-state index in [1.165, 1.54) is 0 Å².